The van der Waals surface area contributed by atoms with Gasteiger partial charge in [-0.15, -0.1) is 0 Å². The fourth-order valence-corrected chi connectivity index (χ4v) is 2.12. The molecule has 0 aliphatic rings. The van der Waals surface area contributed by atoms with Gasteiger partial charge in [0.05, 0.1) is 6.42 Å². The Morgan fingerprint density at radius 1 is 1.27 bits per heavy atom. The molecule has 0 spiro atoms. The average molecular weight is 299 g/mol. The predicted molar refractivity (Wildman–Crippen MR) is 87.3 cm³/mol. The summed E-state index contributed by atoms with van der Waals surface area (Å²) in [7, 11) is 0. The average Bonchev–Trinajstić information content (AvgIpc) is 2.48. The van der Waals surface area contributed by atoms with Gasteiger partial charge in [0.15, 0.2) is 0 Å². The topological polar surface area (TPSA) is 92.9 Å². The van der Waals surface area contributed by atoms with Crippen LogP contribution in [0.3, 0.4) is 0 Å². The molecule has 0 unspecified atom stereocenters. The number of benzene rings is 1. The van der Waals surface area contributed by atoms with E-state index >= 15 is 0 Å². The molecular formula is C16H21N5O. The normalized spacial score (nSPS) is 10.3. The number of carbonyl (C=O) groups is 1. The Bertz CT molecular complexity index is 657. The number of nitrogens with two attached hydrogens (primary N) is 1. The van der Waals surface area contributed by atoms with Crippen LogP contribution in [0.5, 0.6) is 0 Å². The Morgan fingerprint density at radius 2 is 2.05 bits per heavy atom. The quantitative estimate of drug-likeness (QED) is 0.754. The van der Waals surface area contributed by atoms with E-state index in [1.54, 1.807) is 13.1 Å². The van der Waals surface area contributed by atoms with Crippen LogP contribution in [-0.4, -0.2) is 22.4 Å². The van der Waals surface area contributed by atoms with E-state index in [9.17, 15) is 4.79 Å². The second kappa shape index (κ2) is 7.40. The van der Waals surface area contributed by atoms with Crippen molar-refractivity contribution >= 4 is 17.4 Å². The molecule has 0 atom stereocenters. The number of rotatable bonds is 6. The van der Waals surface area contributed by atoms with Crippen LogP contribution in [0.25, 0.3) is 0 Å². The third-order valence-corrected chi connectivity index (χ3v) is 3.23. The van der Waals surface area contributed by atoms with Crippen LogP contribution in [0.15, 0.2) is 30.5 Å². The van der Waals surface area contributed by atoms with E-state index in [4.69, 9.17) is 5.73 Å². The molecule has 6 nitrogen and oxygen atoms in total. The molecule has 1 amide bonds. The van der Waals surface area contributed by atoms with Crippen molar-refractivity contribution in [3.63, 3.8) is 0 Å². The number of hydrogen-bond acceptors (Lipinski definition) is 5. The van der Waals surface area contributed by atoms with Gasteiger partial charge in [-0.25, -0.2) is 9.97 Å². The highest BCUT2D eigenvalue weighted by Crippen LogP contribution is 2.18. The molecule has 0 saturated carbocycles. The minimum atomic E-state index is 0.00920. The number of aryl methyl sites for hydroxylation is 1. The third kappa shape index (κ3) is 4.18. The molecule has 0 aliphatic heterocycles. The van der Waals surface area contributed by atoms with Gasteiger partial charge in [0.2, 0.25) is 5.91 Å². The number of nitrogens with one attached hydrogen (secondary N) is 2. The van der Waals surface area contributed by atoms with Crippen molar-refractivity contribution in [3.05, 3.63) is 47.4 Å². The van der Waals surface area contributed by atoms with E-state index in [0.717, 1.165) is 16.8 Å². The molecule has 1 aromatic heterocycles. The monoisotopic (exact) mass is 299 g/mol. The standard InChI is InChI=1S/C16H21N5O/c1-3-18-15(22)8-12-6-4-5-7-14(12)20-10-13-9-19-11(2)21-16(13)17/h4-7,9,20H,3,8,10H2,1-2H3,(H,18,22)(H2,17,19,21). The first kappa shape index (κ1) is 15.8. The van der Waals surface area contributed by atoms with E-state index in [-0.39, 0.29) is 5.91 Å². The zero-order valence-electron chi connectivity index (χ0n) is 12.9. The first-order chi connectivity index (χ1) is 10.6. The summed E-state index contributed by atoms with van der Waals surface area (Å²) in [4.78, 5) is 20.0. The predicted octanol–water partition coefficient (Wildman–Crippen LogP) is 1.66. The zero-order chi connectivity index (χ0) is 15.9. The summed E-state index contributed by atoms with van der Waals surface area (Å²) in [5.41, 5.74) is 8.58. The fourth-order valence-electron chi connectivity index (χ4n) is 2.12. The minimum Gasteiger partial charge on any atom is -0.383 e. The first-order valence-electron chi connectivity index (χ1n) is 7.26. The number of amides is 1. The number of hydrogen-bond donors (Lipinski definition) is 3. The number of para-hydroxylation sites is 1. The van der Waals surface area contributed by atoms with Gasteiger partial charge in [-0.1, -0.05) is 18.2 Å². The number of anilines is 2. The number of nitrogens with zero attached hydrogens (tertiary/aromatic N) is 2. The van der Waals surface area contributed by atoms with Crippen molar-refractivity contribution < 1.29 is 4.79 Å². The lowest BCUT2D eigenvalue weighted by Gasteiger charge is -2.12. The first-order valence-corrected chi connectivity index (χ1v) is 7.26. The summed E-state index contributed by atoms with van der Waals surface area (Å²) in [6.45, 7) is 4.85. The van der Waals surface area contributed by atoms with Crippen LogP contribution in [0.4, 0.5) is 11.5 Å². The Kier molecular flexibility index (Phi) is 5.30. The van der Waals surface area contributed by atoms with Crippen LogP contribution in [-0.2, 0) is 17.8 Å². The van der Waals surface area contributed by atoms with Gasteiger partial charge < -0.3 is 16.4 Å². The van der Waals surface area contributed by atoms with Crippen molar-refractivity contribution in [2.75, 3.05) is 17.6 Å². The molecule has 6 heteroatoms. The van der Waals surface area contributed by atoms with E-state index in [1.807, 2.05) is 31.2 Å². The summed E-state index contributed by atoms with van der Waals surface area (Å²) in [6.07, 6.45) is 2.06. The minimum absolute atomic E-state index is 0.00920. The SMILES string of the molecule is CCNC(=O)Cc1ccccc1NCc1cnc(C)nc1N. The summed E-state index contributed by atoms with van der Waals surface area (Å²) >= 11 is 0. The Hall–Kier alpha value is -2.63. The van der Waals surface area contributed by atoms with Crippen LogP contribution in [0.2, 0.25) is 0 Å². The Balaban J connectivity index is 2.08. The highest BCUT2D eigenvalue weighted by atomic mass is 16.1. The van der Waals surface area contributed by atoms with Crippen LogP contribution in [0.1, 0.15) is 23.9 Å². The highest BCUT2D eigenvalue weighted by molar-refractivity contribution is 5.80. The molecule has 0 radical (unpaired) electrons. The molecular weight excluding hydrogens is 278 g/mol. The molecule has 0 aliphatic carbocycles. The molecule has 0 saturated heterocycles. The number of carbonyl (C=O) groups excluding carboxylic acids is 1. The largest absolute Gasteiger partial charge is 0.383 e. The lowest BCUT2D eigenvalue weighted by atomic mass is 10.1. The summed E-state index contributed by atoms with van der Waals surface area (Å²) in [5, 5.41) is 6.10. The molecule has 22 heavy (non-hydrogen) atoms. The molecule has 2 rings (SSSR count). The highest BCUT2D eigenvalue weighted by Gasteiger charge is 2.08. The number of likely N-dealkylation sites (N-methyl/N-ethyl adjacent to an activating group) is 1. The summed E-state index contributed by atoms with van der Waals surface area (Å²) in [6, 6.07) is 7.73. The van der Waals surface area contributed by atoms with Crippen molar-refractivity contribution in [2.24, 2.45) is 0 Å². The van der Waals surface area contributed by atoms with Crippen LogP contribution >= 0.6 is 0 Å². The Morgan fingerprint density at radius 3 is 2.77 bits per heavy atom. The van der Waals surface area contributed by atoms with Gasteiger partial charge in [-0.3, -0.25) is 4.79 Å². The van der Waals surface area contributed by atoms with E-state index in [0.29, 0.717) is 31.2 Å². The van der Waals surface area contributed by atoms with Gasteiger partial charge in [0.1, 0.15) is 11.6 Å². The van der Waals surface area contributed by atoms with E-state index in [1.165, 1.54) is 0 Å². The lowest BCUT2D eigenvalue weighted by Crippen LogP contribution is -2.24. The van der Waals surface area contributed by atoms with Crippen molar-refractivity contribution in [1.29, 1.82) is 0 Å². The van der Waals surface area contributed by atoms with Crippen LogP contribution < -0.4 is 16.4 Å². The van der Waals surface area contributed by atoms with E-state index < -0.39 is 0 Å². The smallest absolute Gasteiger partial charge is 0.224 e. The second-order valence-corrected chi connectivity index (χ2v) is 4.97. The van der Waals surface area contributed by atoms with Crippen LogP contribution in [0, 0.1) is 6.92 Å². The van der Waals surface area contributed by atoms with Gasteiger partial charge in [0.25, 0.3) is 0 Å². The molecule has 1 aromatic carbocycles. The Labute approximate surface area is 130 Å². The lowest BCUT2D eigenvalue weighted by molar-refractivity contribution is -0.120. The van der Waals surface area contributed by atoms with Gasteiger partial charge in [-0.2, -0.15) is 0 Å². The van der Waals surface area contributed by atoms with Crippen molar-refractivity contribution in [2.45, 2.75) is 26.8 Å². The summed E-state index contributed by atoms with van der Waals surface area (Å²) < 4.78 is 0. The maximum atomic E-state index is 11.8. The zero-order valence-corrected chi connectivity index (χ0v) is 12.9. The maximum Gasteiger partial charge on any atom is 0.224 e. The molecule has 0 fully saturated rings. The number of aromatic nitrogens is 2. The molecule has 1 heterocycles. The maximum absolute atomic E-state index is 11.8. The fraction of sp³-hybridized carbons (Fsp3) is 0.312. The van der Waals surface area contributed by atoms with Crippen molar-refractivity contribution in [1.82, 2.24) is 15.3 Å². The second-order valence-electron chi connectivity index (χ2n) is 4.97. The van der Waals surface area contributed by atoms with Gasteiger partial charge >= 0.3 is 0 Å². The third-order valence-electron chi connectivity index (χ3n) is 3.23. The van der Waals surface area contributed by atoms with Crippen molar-refractivity contribution in [3.8, 4) is 0 Å². The molecule has 4 N–H and O–H groups in total. The van der Waals surface area contributed by atoms with Gasteiger partial charge in [0, 0.05) is 30.5 Å². The summed E-state index contributed by atoms with van der Waals surface area (Å²) in [5.74, 6) is 1.13. The molecule has 2 aromatic rings. The molecule has 116 valence electrons. The van der Waals surface area contributed by atoms with E-state index in [2.05, 4.69) is 20.6 Å². The molecule has 0 bridgehead atoms. The number of nitrogen functional groups attached to an aromatic ring is 1. The van der Waals surface area contributed by atoms with Gasteiger partial charge in [-0.05, 0) is 25.5 Å².